The zero-order chi connectivity index (χ0) is 17.4. The van der Waals surface area contributed by atoms with Gasteiger partial charge in [0, 0.05) is 25.4 Å². The lowest BCUT2D eigenvalue weighted by molar-refractivity contribution is -0.133. The van der Waals surface area contributed by atoms with E-state index in [1.807, 2.05) is 13.2 Å². The molecular weight excluding hydrogens is 320 g/mol. The van der Waals surface area contributed by atoms with Gasteiger partial charge in [0.25, 0.3) is 5.56 Å². The van der Waals surface area contributed by atoms with Gasteiger partial charge in [-0.25, -0.2) is 4.68 Å². The summed E-state index contributed by atoms with van der Waals surface area (Å²) < 4.78 is 2.87. The van der Waals surface area contributed by atoms with E-state index in [1.165, 1.54) is 0 Å². The van der Waals surface area contributed by atoms with Crippen LogP contribution in [0.4, 0.5) is 0 Å². The average Bonchev–Trinajstić information content (AvgIpc) is 3.26. The second kappa shape index (κ2) is 6.12. The lowest BCUT2D eigenvalue weighted by Crippen LogP contribution is -2.37. The van der Waals surface area contributed by atoms with Gasteiger partial charge in [0.05, 0.1) is 17.6 Å². The van der Waals surface area contributed by atoms with Crippen molar-refractivity contribution in [2.75, 3.05) is 6.54 Å². The predicted octanol–water partition coefficient (Wildman–Crippen LogP) is 0.889. The second-order valence-electron chi connectivity index (χ2n) is 6.26. The van der Waals surface area contributed by atoms with Gasteiger partial charge in [-0.15, -0.1) is 5.10 Å². The van der Waals surface area contributed by atoms with E-state index in [2.05, 4.69) is 15.4 Å². The normalized spacial score (nSPS) is 17.3. The fourth-order valence-electron chi connectivity index (χ4n) is 3.37. The van der Waals surface area contributed by atoms with Gasteiger partial charge < -0.3 is 4.90 Å². The zero-order valence-electron chi connectivity index (χ0n) is 13.9. The fraction of sp³-hybridized carbons (Fsp3) is 0.353. The Labute approximate surface area is 143 Å². The van der Waals surface area contributed by atoms with E-state index in [0.717, 1.165) is 23.1 Å². The Balaban J connectivity index is 1.59. The minimum atomic E-state index is -0.295. The first-order valence-electron chi connectivity index (χ1n) is 8.24. The summed E-state index contributed by atoms with van der Waals surface area (Å²) in [6.45, 7) is 0.571. The van der Waals surface area contributed by atoms with Gasteiger partial charge in [-0.3, -0.25) is 14.3 Å². The van der Waals surface area contributed by atoms with E-state index in [-0.39, 0.29) is 24.1 Å². The quantitative estimate of drug-likeness (QED) is 0.708. The van der Waals surface area contributed by atoms with Crippen molar-refractivity contribution in [1.29, 1.82) is 0 Å². The first-order valence-corrected chi connectivity index (χ1v) is 8.24. The predicted molar refractivity (Wildman–Crippen MR) is 90.7 cm³/mol. The fourth-order valence-corrected chi connectivity index (χ4v) is 3.37. The minimum absolute atomic E-state index is 0.00492. The Morgan fingerprint density at radius 3 is 2.96 bits per heavy atom. The van der Waals surface area contributed by atoms with Gasteiger partial charge in [0.15, 0.2) is 0 Å². The molecule has 0 saturated carbocycles. The van der Waals surface area contributed by atoms with Gasteiger partial charge >= 0.3 is 0 Å². The summed E-state index contributed by atoms with van der Waals surface area (Å²) in [5.74, 6) is -0.127. The Kier molecular flexibility index (Phi) is 3.79. The molecule has 1 aliphatic rings. The molecule has 0 spiro atoms. The summed E-state index contributed by atoms with van der Waals surface area (Å²) in [5, 5.41) is 12.6. The van der Waals surface area contributed by atoms with E-state index >= 15 is 0 Å². The third kappa shape index (κ3) is 2.79. The molecule has 25 heavy (non-hydrogen) atoms. The van der Waals surface area contributed by atoms with Crippen molar-refractivity contribution in [3.05, 3.63) is 52.6 Å². The molecule has 0 bridgehead atoms. The summed E-state index contributed by atoms with van der Waals surface area (Å²) in [6.07, 6.45) is 5.55. The number of amides is 1. The molecule has 128 valence electrons. The number of nitrogens with zero attached hydrogens (tertiary/aromatic N) is 6. The van der Waals surface area contributed by atoms with Crippen molar-refractivity contribution < 1.29 is 4.79 Å². The highest BCUT2D eigenvalue weighted by Gasteiger charge is 2.31. The van der Waals surface area contributed by atoms with Crippen molar-refractivity contribution in [2.24, 2.45) is 7.05 Å². The molecule has 1 saturated heterocycles. The van der Waals surface area contributed by atoms with E-state index < -0.39 is 0 Å². The molecule has 0 N–H and O–H groups in total. The summed E-state index contributed by atoms with van der Waals surface area (Å²) in [6, 6.07) is 7.01. The summed E-state index contributed by atoms with van der Waals surface area (Å²) >= 11 is 0. The highest BCUT2D eigenvalue weighted by molar-refractivity contribution is 5.78. The van der Waals surface area contributed by atoms with Crippen molar-refractivity contribution in [1.82, 2.24) is 29.7 Å². The van der Waals surface area contributed by atoms with Crippen LogP contribution in [0.25, 0.3) is 10.9 Å². The lowest BCUT2D eigenvalue weighted by atomic mass is 10.1. The smallest absolute Gasteiger partial charge is 0.278 e. The van der Waals surface area contributed by atoms with Crippen molar-refractivity contribution in [3.8, 4) is 0 Å². The Bertz CT molecular complexity index is 992. The number of fused-ring (bicyclic) bond motifs is 1. The third-order valence-corrected chi connectivity index (χ3v) is 4.60. The number of carbonyl (C=O) groups is 1. The maximum absolute atomic E-state index is 12.8. The monoisotopic (exact) mass is 338 g/mol. The minimum Gasteiger partial charge on any atom is -0.334 e. The highest BCUT2D eigenvalue weighted by Crippen LogP contribution is 2.31. The number of rotatable bonds is 3. The third-order valence-electron chi connectivity index (χ3n) is 4.60. The molecule has 0 aliphatic carbocycles. The molecule has 1 atom stereocenters. The molecule has 0 unspecified atom stereocenters. The maximum Gasteiger partial charge on any atom is 0.278 e. The molecular formula is C17H18N6O2. The average molecular weight is 338 g/mol. The van der Waals surface area contributed by atoms with E-state index in [1.54, 1.807) is 40.0 Å². The summed E-state index contributed by atoms with van der Waals surface area (Å²) in [5.41, 5.74) is 1.26. The van der Waals surface area contributed by atoms with Crippen molar-refractivity contribution >= 4 is 16.8 Å². The molecule has 1 aromatic carbocycles. The molecule has 4 rings (SSSR count). The molecule has 1 aliphatic heterocycles. The van der Waals surface area contributed by atoms with Crippen LogP contribution < -0.4 is 5.56 Å². The van der Waals surface area contributed by atoms with Gasteiger partial charge in [-0.2, -0.15) is 5.10 Å². The SMILES string of the molecule is Cn1cc([C@@H]2CCCN2C(=O)Cn2nnc3ccccc3c2=O)cn1. The number of hydrogen-bond donors (Lipinski definition) is 0. The maximum atomic E-state index is 12.8. The van der Waals surface area contributed by atoms with Crippen LogP contribution in [0.1, 0.15) is 24.4 Å². The van der Waals surface area contributed by atoms with E-state index in [4.69, 9.17) is 0 Å². The largest absolute Gasteiger partial charge is 0.334 e. The molecule has 1 amide bonds. The van der Waals surface area contributed by atoms with Gasteiger partial charge in [0.1, 0.15) is 12.1 Å². The number of carbonyl (C=O) groups excluding carboxylic acids is 1. The molecule has 1 fully saturated rings. The second-order valence-corrected chi connectivity index (χ2v) is 6.26. The molecule has 3 aromatic rings. The Morgan fingerprint density at radius 2 is 2.16 bits per heavy atom. The molecule has 8 nitrogen and oxygen atoms in total. The van der Waals surface area contributed by atoms with Gasteiger partial charge in [-0.05, 0) is 25.0 Å². The summed E-state index contributed by atoms with van der Waals surface area (Å²) in [7, 11) is 1.86. The van der Waals surface area contributed by atoms with Crippen LogP contribution in [0.2, 0.25) is 0 Å². The first kappa shape index (κ1) is 15.5. The number of aryl methyl sites for hydroxylation is 1. The standard InChI is InChI=1S/C17H18N6O2/c1-21-10-12(9-18-21)15-7-4-8-22(15)16(24)11-23-17(25)13-5-2-3-6-14(13)19-20-23/h2-3,5-6,9-10,15H,4,7-8,11H2,1H3/t15-/m0/s1. The number of hydrogen-bond acceptors (Lipinski definition) is 5. The van der Waals surface area contributed by atoms with Crippen molar-refractivity contribution in [2.45, 2.75) is 25.4 Å². The molecule has 2 aromatic heterocycles. The van der Waals surface area contributed by atoms with Crippen LogP contribution in [-0.4, -0.2) is 42.1 Å². The zero-order valence-corrected chi connectivity index (χ0v) is 13.9. The van der Waals surface area contributed by atoms with Crippen LogP contribution in [-0.2, 0) is 18.4 Å². The first-order chi connectivity index (χ1) is 12.1. The molecule has 8 heteroatoms. The lowest BCUT2D eigenvalue weighted by Gasteiger charge is -2.23. The Morgan fingerprint density at radius 1 is 1.32 bits per heavy atom. The Hall–Kier alpha value is -3.03. The summed E-state index contributed by atoms with van der Waals surface area (Å²) in [4.78, 5) is 27.1. The highest BCUT2D eigenvalue weighted by atomic mass is 16.2. The van der Waals surface area contributed by atoms with Crippen LogP contribution in [0.5, 0.6) is 0 Å². The van der Waals surface area contributed by atoms with Crippen LogP contribution >= 0.6 is 0 Å². The molecule has 3 heterocycles. The number of benzene rings is 1. The van der Waals surface area contributed by atoms with Crippen LogP contribution in [0.15, 0.2) is 41.5 Å². The number of aromatic nitrogens is 5. The van der Waals surface area contributed by atoms with Gasteiger partial charge in [-0.1, -0.05) is 17.3 Å². The van der Waals surface area contributed by atoms with E-state index in [9.17, 15) is 9.59 Å². The van der Waals surface area contributed by atoms with Crippen LogP contribution in [0.3, 0.4) is 0 Å². The van der Waals surface area contributed by atoms with Crippen molar-refractivity contribution in [3.63, 3.8) is 0 Å². The van der Waals surface area contributed by atoms with Crippen LogP contribution in [0, 0.1) is 0 Å². The van der Waals surface area contributed by atoms with E-state index in [0.29, 0.717) is 17.4 Å². The topological polar surface area (TPSA) is 85.9 Å². The number of likely N-dealkylation sites (tertiary alicyclic amines) is 1. The molecule has 0 radical (unpaired) electrons. The van der Waals surface area contributed by atoms with Gasteiger partial charge in [0.2, 0.25) is 5.91 Å².